The van der Waals surface area contributed by atoms with Gasteiger partial charge < -0.3 is 10.2 Å². The molecule has 5 rings (SSSR count). The molecule has 4 aliphatic rings. The highest BCUT2D eigenvalue weighted by Gasteiger charge is 2.53. The zero-order valence-corrected chi connectivity index (χ0v) is 19.6. The number of fused-ring (bicyclic) bond motifs is 1. The maximum absolute atomic E-state index is 13.6. The van der Waals surface area contributed by atoms with Crippen LogP contribution in [0.4, 0.5) is 0 Å². The summed E-state index contributed by atoms with van der Waals surface area (Å²) in [7, 11) is 1.94. The van der Waals surface area contributed by atoms with Crippen molar-refractivity contribution in [3.8, 4) is 0 Å². The molecule has 1 aromatic rings. The topological polar surface area (TPSA) is 70.5 Å². The minimum Gasteiger partial charge on any atom is -0.355 e. The molecule has 2 aliphatic heterocycles. The highest BCUT2D eigenvalue weighted by molar-refractivity contribution is 5.84. The second-order valence-electron chi connectivity index (χ2n) is 10.9. The number of likely N-dealkylation sites (tertiary alicyclic amines) is 2. The number of rotatable bonds is 6. The molecule has 0 spiro atoms. The molecule has 0 radical (unpaired) electrons. The Hall–Kier alpha value is -1.89. The molecule has 0 bridgehead atoms. The summed E-state index contributed by atoms with van der Waals surface area (Å²) in [5.74, 6) is 1.66. The van der Waals surface area contributed by atoms with Crippen molar-refractivity contribution in [3.63, 3.8) is 0 Å². The van der Waals surface area contributed by atoms with Gasteiger partial charge in [0, 0.05) is 69.9 Å². The fourth-order valence-corrected chi connectivity index (χ4v) is 6.38. The van der Waals surface area contributed by atoms with Crippen LogP contribution in [0.1, 0.15) is 63.4 Å². The maximum atomic E-state index is 13.6. The minimum absolute atomic E-state index is 0.202. The Kier molecular flexibility index (Phi) is 6.28. The zero-order chi connectivity index (χ0) is 22.1. The van der Waals surface area contributed by atoms with E-state index in [4.69, 9.17) is 0 Å². The van der Waals surface area contributed by atoms with Gasteiger partial charge in [-0.1, -0.05) is 19.3 Å². The molecule has 2 aliphatic carbocycles. The highest BCUT2D eigenvalue weighted by atomic mass is 16.2. The van der Waals surface area contributed by atoms with Crippen molar-refractivity contribution < 1.29 is 9.59 Å². The molecule has 2 atom stereocenters. The molecule has 1 N–H and O–H groups in total. The van der Waals surface area contributed by atoms with Crippen LogP contribution in [0.2, 0.25) is 0 Å². The van der Waals surface area contributed by atoms with Crippen LogP contribution in [0.5, 0.6) is 0 Å². The minimum atomic E-state index is -0.376. The molecule has 0 unspecified atom stereocenters. The Morgan fingerprint density at radius 2 is 1.94 bits per heavy atom. The largest absolute Gasteiger partial charge is 0.355 e. The average molecular weight is 442 g/mol. The number of carbonyl (C=O) groups excluding carboxylic acids is 2. The molecule has 32 heavy (non-hydrogen) atoms. The van der Waals surface area contributed by atoms with Gasteiger partial charge in [0.25, 0.3) is 0 Å². The van der Waals surface area contributed by atoms with Gasteiger partial charge in [0.2, 0.25) is 11.8 Å². The van der Waals surface area contributed by atoms with Crippen molar-refractivity contribution in [1.29, 1.82) is 0 Å². The molecule has 0 aromatic carbocycles. The summed E-state index contributed by atoms with van der Waals surface area (Å²) < 4.78 is 1.84. The van der Waals surface area contributed by atoms with Gasteiger partial charge in [-0.3, -0.25) is 19.2 Å². The van der Waals surface area contributed by atoms with Gasteiger partial charge in [-0.05, 0) is 44.4 Å². The summed E-state index contributed by atoms with van der Waals surface area (Å²) in [6.07, 6.45) is 14.0. The lowest BCUT2D eigenvalue weighted by atomic mass is 9.74. The Balaban J connectivity index is 1.33. The molecule has 3 heterocycles. The monoisotopic (exact) mass is 441 g/mol. The summed E-state index contributed by atoms with van der Waals surface area (Å²) in [6.45, 7) is 4.84. The number of hydrogen-bond donors (Lipinski definition) is 1. The van der Waals surface area contributed by atoms with Crippen molar-refractivity contribution in [3.05, 3.63) is 18.0 Å². The SMILES string of the molecule is Cn1cc(CN2C[C@@H]3CN(C(=O)C4CCCCC4)CCC[C@]3(C(=O)NCC3CC3)C2)cn1. The van der Waals surface area contributed by atoms with Gasteiger partial charge in [0.05, 0.1) is 11.6 Å². The van der Waals surface area contributed by atoms with Crippen molar-refractivity contribution in [2.75, 3.05) is 32.7 Å². The Bertz CT molecular complexity index is 828. The molecule has 1 aromatic heterocycles. The summed E-state index contributed by atoms with van der Waals surface area (Å²) in [5.41, 5.74) is 0.811. The number of nitrogens with zero attached hydrogens (tertiary/aromatic N) is 4. The number of aromatic nitrogens is 2. The number of hydrogen-bond acceptors (Lipinski definition) is 4. The van der Waals surface area contributed by atoms with Crippen LogP contribution in [0.15, 0.2) is 12.4 Å². The molecule has 7 nitrogen and oxygen atoms in total. The van der Waals surface area contributed by atoms with E-state index in [1.165, 1.54) is 37.7 Å². The third kappa shape index (κ3) is 4.59. The van der Waals surface area contributed by atoms with Gasteiger partial charge in [-0.2, -0.15) is 5.10 Å². The van der Waals surface area contributed by atoms with Crippen LogP contribution in [0.3, 0.4) is 0 Å². The second-order valence-corrected chi connectivity index (χ2v) is 10.9. The summed E-state index contributed by atoms with van der Waals surface area (Å²) >= 11 is 0. The highest BCUT2D eigenvalue weighted by Crippen LogP contribution is 2.44. The smallest absolute Gasteiger partial charge is 0.227 e. The van der Waals surface area contributed by atoms with Crippen LogP contribution in [0, 0.1) is 23.2 Å². The molecule has 2 saturated heterocycles. The first-order chi connectivity index (χ1) is 15.5. The normalized spacial score (nSPS) is 29.5. The van der Waals surface area contributed by atoms with E-state index in [0.29, 0.717) is 11.8 Å². The fraction of sp³-hybridized carbons (Fsp3) is 0.800. The number of nitrogens with one attached hydrogen (secondary N) is 1. The summed E-state index contributed by atoms with van der Waals surface area (Å²) in [6, 6.07) is 0. The van der Waals surface area contributed by atoms with E-state index in [0.717, 1.165) is 65.0 Å². The molecule has 4 fully saturated rings. The fourth-order valence-electron chi connectivity index (χ4n) is 6.38. The molecule has 2 saturated carbocycles. The van der Waals surface area contributed by atoms with Crippen molar-refractivity contribution in [2.45, 2.75) is 64.3 Å². The zero-order valence-electron chi connectivity index (χ0n) is 19.6. The van der Waals surface area contributed by atoms with Gasteiger partial charge in [0.15, 0.2) is 0 Å². The van der Waals surface area contributed by atoms with Crippen LogP contribution in [-0.2, 0) is 23.2 Å². The van der Waals surface area contributed by atoms with Gasteiger partial charge in [0.1, 0.15) is 0 Å². The van der Waals surface area contributed by atoms with Crippen LogP contribution >= 0.6 is 0 Å². The van der Waals surface area contributed by atoms with E-state index in [1.54, 1.807) is 0 Å². The van der Waals surface area contributed by atoms with Gasteiger partial charge in [-0.15, -0.1) is 0 Å². The van der Waals surface area contributed by atoms with Crippen molar-refractivity contribution in [1.82, 2.24) is 24.9 Å². The van der Waals surface area contributed by atoms with E-state index in [1.807, 2.05) is 17.9 Å². The predicted molar refractivity (Wildman–Crippen MR) is 123 cm³/mol. The Morgan fingerprint density at radius 1 is 1.12 bits per heavy atom. The van der Waals surface area contributed by atoms with Gasteiger partial charge in [-0.25, -0.2) is 0 Å². The van der Waals surface area contributed by atoms with E-state index in [9.17, 15) is 9.59 Å². The first-order valence-corrected chi connectivity index (χ1v) is 12.8. The van der Waals surface area contributed by atoms with E-state index >= 15 is 0 Å². The maximum Gasteiger partial charge on any atom is 0.227 e. The molecular formula is C25H39N5O2. The molecular weight excluding hydrogens is 402 g/mol. The lowest BCUT2D eigenvalue weighted by Crippen LogP contribution is -2.49. The lowest BCUT2D eigenvalue weighted by Gasteiger charge is -2.34. The second kappa shape index (κ2) is 9.16. The molecule has 176 valence electrons. The number of aryl methyl sites for hydroxylation is 1. The number of amides is 2. The van der Waals surface area contributed by atoms with E-state index in [-0.39, 0.29) is 23.2 Å². The summed E-state index contributed by atoms with van der Waals surface area (Å²) in [4.78, 5) is 31.5. The summed E-state index contributed by atoms with van der Waals surface area (Å²) in [5, 5.41) is 7.63. The first-order valence-electron chi connectivity index (χ1n) is 12.8. The van der Waals surface area contributed by atoms with E-state index in [2.05, 4.69) is 26.4 Å². The lowest BCUT2D eigenvalue weighted by molar-refractivity contribution is -0.138. The molecule has 7 heteroatoms. The first kappa shape index (κ1) is 21.9. The Labute approximate surface area is 191 Å². The Morgan fingerprint density at radius 3 is 2.66 bits per heavy atom. The standard InChI is InChI=1S/C25H39N5O2/c1-28-14-20(13-27-28)15-29-16-22-17-30(23(31)21-6-3-2-4-7-21)11-5-10-25(22,18-29)24(32)26-12-19-8-9-19/h13-14,19,21-22H,2-12,15-18H2,1H3,(H,26,32)/t22-,25+/m1/s1. The quantitative estimate of drug-likeness (QED) is 0.737. The van der Waals surface area contributed by atoms with Crippen LogP contribution in [0.25, 0.3) is 0 Å². The third-order valence-electron chi connectivity index (χ3n) is 8.39. The third-order valence-corrected chi connectivity index (χ3v) is 8.39. The molecule has 2 amide bonds. The van der Waals surface area contributed by atoms with Crippen LogP contribution < -0.4 is 5.32 Å². The van der Waals surface area contributed by atoms with E-state index < -0.39 is 0 Å². The predicted octanol–water partition coefficient (Wildman–Crippen LogP) is 2.57. The van der Waals surface area contributed by atoms with Gasteiger partial charge >= 0.3 is 0 Å². The average Bonchev–Trinajstić information content (AvgIpc) is 3.49. The van der Waals surface area contributed by atoms with Crippen LogP contribution in [-0.4, -0.2) is 64.1 Å². The van der Waals surface area contributed by atoms with Crippen molar-refractivity contribution >= 4 is 11.8 Å². The number of carbonyl (C=O) groups is 2. The van der Waals surface area contributed by atoms with Crippen molar-refractivity contribution in [2.24, 2.45) is 30.2 Å².